The Morgan fingerprint density at radius 3 is 2.32 bits per heavy atom. The molecule has 0 fully saturated rings. The van der Waals surface area contributed by atoms with Crippen LogP contribution in [-0.2, 0) is 16.8 Å². The summed E-state index contributed by atoms with van der Waals surface area (Å²) in [5.41, 5.74) is 3.60. The number of rotatable bonds is 7. The minimum atomic E-state index is -0.581. The third-order valence-electron chi connectivity index (χ3n) is 5.04. The first-order valence-corrected chi connectivity index (χ1v) is 10.1. The van der Waals surface area contributed by atoms with E-state index >= 15 is 0 Å². The van der Waals surface area contributed by atoms with E-state index in [0.29, 0.717) is 22.6 Å². The molecule has 0 radical (unpaired) electrons. The molecule has 0 saturated heterocycles. The normalized spacial score (nSPS) is 11.3. The molecule has 3 aromatic rings. The molecule has 0 atom stereocenters. The Bertz CT molecular complexity index is 1050. The number of ether oxygens (including phenoxy) is 2. The number of benzene rings is 2. The number of esters is 1. The molecule has 3 rings (SSSR count). The topological polar surface area (TPSA) is 78.6 Å². The number of aryl methyl sites for hydroxylation is 2. The first-order valence-electron chi connectivity index (χ1n) is 10.1. The second kappa shape index (κ2) is 9.16. The van der Waals surface area contributed by atoms with Crippen molar-refractivity contribution in [1.29, 1.82) is 0 Å². The van der Waals surface area contributed by atoms with Gasteiger partial charge in [-0.3, -0.25) is 4.79 Å². The monoisotopic (exact) mass is 421 g/mol. The quantitative estimate of drug-likeness (QED) is 0.385. The molecule has 0 aliphatic rings. The van der Waals surface area contributed by atoms with Crippen molar-refractivity contribution in [3.05, 3.63) is 82.2 Å². The number of carbonyl (C=O) groups excluding carboxylic acids is 2. The molecule has 6 heteroatoms. The van der Waals surface area contributed by atoms with Crippen LogP contribution in [-0.4, -0.2) is 23.5 Å². The first-order chi connectivity index (χ1) is 14.6. The molecule has 1 heterocycles. The highest BCUT2D eigenvalue weighted by Crippen LogP contribution is 2.22. The van der Waals surface area contributed by atoms with Crippen LogP contribution < -0.4 is 4.74 Å². The van der Waals surface area contributed by atoms with Gasteiger partial charge in [0.1, 0.15) is 18.1 Å². The number of hydrogen-bond acceptors (Lipinski definition) is 6. The summed E-state index contributed by atoms with van der Waals surface area (Å²) in [6, 6.07) is 14.0. The van der Waals surface area contributed by atoms with Crippen molar-refractivity contribution in [2.45, 2.75) is 46.6 Å². The van der Waals surface area contributed by atoms with Crippen molar-refractivity contribution in [1.82, 2.24) is 5.16 Å². The maximum atomic E-state index is 12.4. The van der Waals surface area contributed by atoms with Crippen molar-refractivity contribution in [2.75, 3.05) is 6.61 Å². The Balaban J connectivity index is 1.58. The van der Waals surface area contributed by atoms with Crippen molar-refractivity contribution in [2.24, 2.45) is 0 Å². The average molecular weight is 421 g/mol. The fourth-order valence-electron chi connectivity index (χ4n) is 3.03. The Labute approximate surface area is 182 Å². The molecule has 0 amide bonds. The van der Waals surface area contributed by atoms with Gasteiger partial charge >= 0.3 is 5.97 Å². The molecule has 6 nitrogen and oxygen atoms in total. The summed E-state index contributed by atoms with van der Waals surface area (Å²) in [6.45, 7) is 9.95. The van der Waals surface area contributed by atoms with Crippen LogP contribution in [0.2, 0.25) is 0 Å². The number of Topliss-reactive ketones (excluding diaryl/α,β-unsaturated/α-hetero) is 1. The SMILES string of the molecule is Cc1noc(C)c1COc1cccc(C(=O)OCC(=O)c2ccc(C(C)(C)C)cc2)c1. The van der Waals surface area contributed by atoms with Crippen LogP contribution in [0.25, 0.3) is 0 Å². The van der Waals surface area contributed by atoms with E-state index in [2.05, 4.69) is 25.9 Å². The molecule has 0 bridgehead atoms. The third-order valence-corrected chi connectivity index (χ3v) is 5.04. The van der Waals surface area contributed by atoms with Crippen molar-refractivity contribution in [3.63, 3.8) is 0 Å². The van der Waals surface area contributed by atoms with Crippen LogP contribution >= 0.6 is 0 Å². The Kier molecular flexibility index (Phi) is 6.59. The van der Waals surface area contributed by atoms with Gasteiger partial charge in [-0.1, -0.05) is 56.3 Å². The molecule has 2 aromatic carbocycles. The highest BCUT2D eigenvalue weighted by Gasteiger charge is 2.16. The van der Waals surface area contributed by atoms with Gasteiger partial charge in [0.15, 0.2) is 12.4 Å². The molecule has 0 N–H and O–H groups in total. The summed E-state index contributed by atoms with van der Waals surface area (Å²) < 4.78 is 16.1. The van der Waals surface area contributed by atoms with Crippen LogP contribution in [0, 0.1) is 13.8 Å². The summed E-state index contributed by atoms with van der Waals surface area (Å²) in [5.74, 6) is 0.378. The number of ketones is 1. The zero-order valence-corrected chi connectivity index (χ0v) is 18.5. The van der Waals surface area contributed by atoms with E-state index in [1.54, 1.807) is 36.4 Å². The van der Waals surface area contributed by atoms with Crippen LogP contribution in [0.3, 0.4) is 0 Å². The van der Waals surface area contributed by atoms with Gasteiger partial charge in [0, 0.05) is 5.56 Å². The Morgan fingerprint density at radius 1 is 1.00 bits per heavy atom. The number of aromatic nitrogens is 1. The zero-order valence-electron chi connectivity index (χ0n) is 18.5. The van der Waals surface area contributed by atoms with E-state index in [0.717, 1.165) is 16.8 Å². The fourth-order valence-corrected chi connectivity index (χ4v) is 3.03. The van der Waals surface area contributed by atoms with Gasteiger partial charge in [0.05, 0.1) is 16.8 Å². The molecule has 162 valence electrons. The lowest BCUT2D eigenvalue weighted by atomic mass is 9.86. The molecule has 1 aromatic heterocycles. The smallest absolute Gasteiger partial charge is 0.338 e. The van der Waals surface area contributed by atoms with Crippen LogP contribution in [0.1, 0.15) is 64.1 Å². The van der Waals surface area contributed by atoms with Gasteiger partial charge in [-0.2, -0.15) is 0 Å². The Hall–Kier alpha value is -3.41. The van der Waals surface area contributed by atoms with E-state index in [1.165, 1.54) is 0 Å². The summed E-state index contributed by atoms with van der Waals surface area (Å²) in [7, 11) is 0. The van der Waals surface area contributed by atoms with Crippen LogP contribution in [0.4, 0.5) is 0 Å². The predicted octanol–water partition coefficient (Wildman–Crippen LogP) is 5.21. The average Bonchev–Trinajstić information content (AvgIpc) is 3.07. The number of nitrogens with zero attached hydrogens (tertiary/aromatic N) is 1. The maximum Gasteiger partial charge on any atom is 0.338 e. The lowest BCUT2D eigenvalue weighted by Gasteiger charge is -2.18. The van der Waals surface area contributed by atoms with Gasteiger partial charge in [-0.15, -0.1) is 0 Å². The molecule has 0 unspecified atom stereocenters. The fraction of sp³-hybridized carbons (Fsp3) is 0.320. The minimum Gasteiger partial charge on any atom is -0.489 e. The lowest BCUT2D eigenvalue weighted by Crippen LogP contribution is -2.15. The molecule has 31 heavy (non-hydrogen) atoms. The highest BCUT2D eigenvalue weighted by atomic mass is 16.5. The van der Waals surface area contributed by atoms with Gasteiger partial charge in [0.25, 0.3) is 0 Å². The number of hydrogen-bond donors (Lipinski definition) is 0. The van der Waals surface area contributed by atoms with Gasteiger partial charge in [0.2, 0.25) is 0 Å². The van der Waals surface area contributed by atoms with Gasteiger partial charge in [-0.05, 0) is 43.0 Å². The van der Waals surface area contributed by atoms with E-state index < -0.39 is 5.97 Å². The lowest BCUT2D eigenvalue weighted by molar-refractivity contribution is 0.0474. The summed E-state index contributed by atoms with van der Waals surface area (Å²) in [4.78, 5) is 24.8. The molecule has 0 spiro atoms. The van der Waals surface area contributed by atoms with E-state index in [4.69, 9.17) is 14.0 Å². The highest BCUT2D eigenvalue weighted by molar-refractivity contribution is 5.99. The van der Waals surface area contributed by atoms with Gasteiger partial charge in [-0.25, -0.2) is 4.79 Å². The molecule has 0 saturated carbocycles. The molecular weight excluding hydrogens is 394 g/mol. The predicted molar refractivity (Wildman–Crippen MR) is 117 cm³/mol. The largest absolute Gasteiger partial charge is 0.489 e. The standard InChI is InChI=1S/C25H27NO5/c1-16-22(17(2)31-26-16)14-29-21-8-6-7-19(13-21)24(28)30-15-23(27)18-9-11-20(12-10-18)25(3,4)5/h6-13H,14-15H2,1-5H3. The minimum absolute atomic E-state index is 0.00660. The zero-order chi connectivity index (χ0) is 22.6. The third kappa shape index (κ3) is 5.60. The summed E-state index contributed by atoms with van der Waals surface area (Å²) in [5, 5.41) is 3.90. The van der Waals surface area contributed by atoms with Crippen LogP contribution in [0.15, 0.2) is 53.1 Å². The van der Waals surface area contributed by atoms with E-state index in [-0.39, 0.29) is 24.4 Å². The second-order valence-corrected chi connectivity index (χ2v) is 8.45. The van der Waals surface area contributed by atoms with Crippen molar-refractivity contribution < 1.29 is 23.6 Å². The molecular formula is C25H27NO5. The first kappa shape index (κ1) is 22.3. The van der Waals surface area contributed by atoms with Crippen molar-refractivity contribution >= 4 is 11.8 Å². The van der Waals surface area contributed by atoms with Crippen LogP contribution in [0.5, 0.6) is 5.75 Å². The summed E-state index contributed by atoms with van der Waals surface area (Å²) in [6.07, 6.45) is 0. The summed E-state index contributed by atoms with van der Waals surface area (Å²) >= 11 is 0. The number of carbonyl (C=O) groups is 2. The maximum absolute atomic E-state index is 12.4. The molecule has 0 aliphatic carbocycles. The molecule has 0 aliphatic heterocycles. The van der Waals surface area contributed by atoms with E-state index in [1.807, 2.05) is 26.0 Å². The van der Waals surface area contributed by atoms with Gasteiger partial charge < -0.3 is 14.0 Å². The second-order valence-electron chi connectivity index (χ2n) is 8.45. The Morgan fingerprint density at radius 2 is 1.71 bits per heavy atom. The van der Waals surface area contributed by atoms with Crippen molar-refractivity contribution in [3.8, 4) is 5.75 Å². The van der Waals surface area contributed by atoms with E-state index in [9.17, 15) is 9.59 Å².